The van der Waals surface area contributed by atoms with Gasteiger partial charge in [0.05, 0.1) is 32.3 Å². The molecule has 0 radical (unpaired) electrons. The van der Waals surface area contributed by atoms with Crippen LogP contribution in [0.25, 0.3) is 115 Å². The third-order valence-electron chi connectivity index (χ3n) is 12.4. The zero-order valence-electron chi connectivity index (χ0n) is 34.0. The van der Waals surface area contributed by atoms with E-state index in [0.29, 0.717) is 17.5 Å². The fraction of sp³-hybridized carbons (Fsp3) is 0.0357. The molecular weight excluding hydrogens is 789 g/mol. The molecule has 7 aromatic carbocycles. The van der Waals surface area contributed by atoms with E-state index in [-0.39, 0.29) is 0 Å². The minimum atomic E-state index is 0.649. The number of fused-ring (bicyclic) bond motifs is 9. The van der Waals surface area contributed by atoms with Crippen molar-refractivity contribution < 1.29 is 0 Å². The molecule has 5 aromatic heterocycles. The van der Waals surface area contributed by atoms with Gasteiger partial charge in [0.15, 0.2) is 17.5 Å². The molecule has 0 amide bonds. The second-order valence-corrected chi connectivity index (χ2v) is 17.2. The van der Waals surface area contributed by atoms with Crippen LogP contribution in [0.1, 0.15) is 18.7 Å². The largest absolute Gasteiger partial charge is 0.309 e. The average Bonchev–Trinajstić information content (AvgIpc) is 4.02. The number of nitrogens with zero attached hydrogens (tertiary/aromatic N) is 6. The zero-order valence-corrected chi connectivity index (χ0v) is 34.8. The minimum Gasteiger partial charge on any atom is -0.309 e. The molecule has 1 aliphatic rings. The number of allylic oxidation sites excluding steroid dienone is 4. The van der Waals surface area contributed by atoms with E-state index in [4.69, 9.17) is 19.9 Å². The Balaban J connectivity index is 0.963. The standard InChI is InChI=1S/C56H36N6S/c1-3-14-35(15-4-1)54-58-55(36-16-5-2-6-17-36)60-56(59-54)38-18-11-19-39(32-38)61-46-23-9-7-20-42(46)44-33-37(27-29-48(44)61)41-22-12-25-49-52(41)43-21-8-10-24-47(43)62(49)40-28-30-50-45(34-40)53-51(63-50)26-13-31-57-53/h1,3-5,7-34H,2,6H2. The lowest BCUT2D eigenvalue weighted by molar-refractivity contribution is 1.01. The summed E-state index contributed by atoms with van der Waals surface area (Å²) in [5.41, 5.74) is 13.2. The van der Waals surface area contributed by atoms with Gasteiger partial charge < -0.3 is 9.13 Å². The summed E-state index contributed by atoms with van der Waals surface area (Å²) in [6.45, 7) is 0. The summed E-state index contributed by atoms with van der Waals surface area (Å²) in [5, 5.41) is 6.05. The third-order valence-corrected chi connectivity index (χ3v) is 13.6. The van der Waals surface area contributed by atoms with Crippen LogP contribution in [0.5, 0.6) is 0 Å². The van der Waals surface area contributed by atoms with Crippen LogP contribution in [-0.4, -0.2) is 29.1 Å². The summed E-state index contributed by atoms with van der Waals surface area (Å²) in [7, 11) is 0. The van der Waals surface area contributed by atoms with Crippen LogP contribution in [0.3, 0.4) is 0 Å². The van der Waals surface area contributed by atoms with Crippen LogP contribution < -0.4 is 0 Å². The Hall–Kier alpha value is -8.00. The van der Waals surface area contributed by atoms with Crippen LogP contribution >= 0.6 is 11.3 Å². The van der Waals surface area contributed by atoms with Crippen molar-refractivity contribution in [1.29, 1.82) is 0 Å². The van der Waals surface area contributed by atoms with Crippen LogP contribution in [0, 0.1) is 0 Å². The molecular formula is C56H36N6S. The van der Waals surface area contributed by atoms with Crippen LogP contribution in [0.4, 0.5) is 0 Å². The van der Waals surface area contributed by atoms with Gasteiger partial charge in [0.1, 0.15) is 0 Å². The van der Waals surface area contributed by atoms with Gasteiger partial charge in [0.2, 0.25) is 0 Å². The van der Waals surface area contributed by atoms with Crippen molar-refractivity contribution in [2.75, 3.05) is 0 Å². The number of hydrogen-bond donors (Lipinski definition) is 0. The van der Waals surface area contributed by atoms with E-state index in [0.717, 1.165) is 57.5 Å². The summed E-state index contributed by atoms with van der Waals surface area (Å²) in [6, 6.07) is 60.9. The van der Waals surface area contributed by atoms with E-state index in [1.807, 2.05) is 30.5 Å². The van der Waals surface area contributed by atoms with Crippen molar-refractivity contribution >= 4 is 80.8 Å². The lowest BCUT2D eigenvalue weighted by Gasteiger charge is -2.12. The molecule has 296 valence electrons. The smallest absolute Gasteiger partial charge is 0.164 e. The molecule has 7 heteroatoms. The second-order valence-electron chi connectivity index (χ2n) is 16.1. The Kier molecular flexibility index (Phi) is 8.11. The Morgan fingerprint density at radius 1 is 0.444 bits per heavy atom. The zero-order chi connectivity index (χ0) is 41.4. The predicted molar refractivity (Wildman–Crippen MR) is 262 cm³/mol. The Morgan fingerprint density at radius 3 is 2.03 bits per heavy atom. The SMILES string of the molecule is C1=CC(c2nc(-c3ccccc3)nc(-c3cccc(-n4c5ccccc5c5cc(-c6cccc7c6c6ccccc6n7-c6ccc7sc8cccnc8c7c6)ccc54)c3)n2)=CCC1. The van der Waals surface area contributed by atoms with E-state index in [9.17, 15) is 0 Å². The van der Waals surface area contributed by atoms with Crippen LogP contribution in [0.2, 0.25) is 0 Å². The van der Waals surface area contributed by atoms with E-state index in [1.54, 1.807) is 11.3 Å². The Labute approximate surface area is 366 Å². The molecule has 0 fully saturated rings. The van der Waals surface area contributed by atoms with E-state index in [2.05, 4.69) is 173 Å². The first kappa shape index (κ1) is 35.7. The number of aromatic nitrogens is 6. The maximum Gasteiger partial charge on any atom is 0.164 e. The van der Waals surface area contributed by atoms with Gasteiger partial charge in [-0.25, -0.2) is 15.0 Å². The van der Waals surface area contributed by atoms with Crippen LogP contribution in [-0.2, 0) is 0 Å². The van der Waals surface area contributed by atoms with Crippen molar-refractivity contribution in [3.63, 3.8) is 0 Å². The van der Waals surface area contributed by atoms with Gasteiger partial charge in [-0.15, -0.1) is 11.3 Å². The summed E-state index contributed by atoms with van der Waals surface area (Å²) < 4.78 is 7.24. The van der Waals surface area contributed by atoms with Gasteiger partial charge >= 0.3 is 0 Å². The van der Waals surface area contributed by atoms with Gasteiger partial charge in [-0.05, 0) is 96.8 Å². The molecule has 1 aliphatic carbocycles. The van der Waals surface area contributed by atoms with Gasteiger partial charge in [-0.1, -0.05) is 115 Å². The van der Waals surface area contributed by atoms with Gasteiger partial charge in [0, 0.05) is 65.9 Å². The topological polar surface area (TPSA) is 61.4 Å². The number of rotatable bonds is 6. The van der Waals surface area contributed by atoms with Crippen molar-refractivity contribution in [3.8, 4) is 45.3 Å². The molecule has 0 N–H and O–H groups in total. The molecule has 63 heavy (non-hydrogen) atoms. The lowest BCUT2D eigenvalue weighted by atomic mass is 9.98. The first-order chi connectivity index (χ1) is 31.2. The molecule has 13 rings (SSSR count). The summed E-state index contributed by atoms with van der Waals surface area (Å²) in [4.78, 5) is 19.9. The van der Waals surface area contributed by atoms with Crippen LogP contribution in [0.15, 0.2) is 194 Å². The highest BCUT2D eigenvalue weighted by Crippen LogP contribution is 2.42. The molecule has 0 saturated heterocycles. The highest BCUT2D eigenvalue weighted by molar-refractivity contribution is 7.25. The molecule has 0 spiro atoms. The molecule has 0 bridgehead atoms. The third kappa shape index (κ3) is 5.78. The average molecular weight is 825 g/mol. The number of pyridine rings is 1. The van der Waals surface area contributed by atoms with E-state index >= 15 is 0 Å². The fourth-order valence-corrected chi connectivity index (χ4v) is 10.6. The molecule has 0 atom stereocenters. The Bertz CT molecular complexity index is 3870. The van der Waals surface area contributed by atoms with Crippen molar-refractivity contribution in [3.05, 3.63) is 200 Å². The minimum absolute atomic E-state index is 0.649. The number of thiophene rings is 1. The van der Waals surface area contributed by atoms with E-state index in [1.165, 1.54) is 58.5 Å². The molecule has 0 aliphatic heterocycles. The molecule has 5 heterocycles. The van der Waals surface area contributed by atoms with Crippen molar-refractivity contribution in [2.24, 2.45) is 0 Å². The lowest BCUT2D eigenvalue weighted by Crippen LogP contribution is -2.03. The van der Waals surface area contributed by atoms with Gasteiger partial charge in [-0.2, -0.15) is 0 Å². The maximum atomic E-state index is 5.08. The summed E-state index contributed by atoms with van der Waals surface area (Å²) >= 11 is 1.80. The molecule has 6 nitrogen and oxygen atoms in total. The molecule has 12 aromatic rings. The molecule has 0 unspecified atom stereocenters. The highest BCUT2D eigenvalue weighted by atomic mass is 32.1. The number of benzene rings is 7. The first-order valence-electron chi connectivity index (χ1n) is 21.4. The fourth-order valence-electron chi connectivity index (χ4n) is 9.60. The Morgan fingerprint density at radius 2 is 1.16 bits per heavy atom. The number of para-hydroxylation sites is 2. The second kappa shape index (κ2) is 14.3. The number of hydrogen-bond acceptors (Lipinski definition) is 5. The monoisotopic (exact) mass is 824 g/mol. The normalized spacial score (nSPS) is 13.0. The summed E-state index contributed by atoms with van der Waals surface area (Å²) in [6.07, 6.45) is 10.4. The predicted octanol–water partition coefficient (Wildman–Crippen LogP) is 14.6. The quantitative estimate of drug-likeness (QED) is 0.168. The highest BCUT2D eigenvalue weighted by Gasteiger charge is 2.20. The van der Waals surface area contributed by atoms with Gasteiger partial charge in [-0.3, -0.25) is 4.98 Å². The first-order valence-corrected chi connectivity index (χ1v) is 22.2. The summed E-state index contributed by atoms with van der Waals surface area (Å²) in [5.74, 6) is 2.01. The van der Waals surface area contributed by atoms with E-state index < -0.39 is 0 Å². The molecule has 0 saturated carbocycles. The van der Waals surface area contributed by atoms with Crippen molar-refractivity contribution in [2.45, 2.75) is 12.8 Å². The maximum absolute atomic E-state index is 5.08. The van der Waals surface area contributed by atoms with Gasteiger partial charge in [0.25, 0.3) is 0 Å². The van der Waals surface area contributed by atoms with Crippen molar-refractivity contribution in [1.82, 2.24) is 29.1 Å².